The van der Waals surface area contributed by atoms with Crippen LogP contribution in [0.2, 0.25) is 0 Å². The van der Waals surface area contributed by atoms with Crippen molar-refractivity contribution < 1.29 is 9.84 Å². The fourth-order valence-electron chi connectivity index (χ4n) is 2.82. The minimum Gasteiger partial charge on any atom is -0.493 e. The minimum absolute atomic E-state index is 0.183. The summed E-state index contributed by atoms with van der Waals surface area (Å²) in [5.74, 6) is 1.97. The molecule has 1 aromatic carbocycles. The van der Waals surface area contributed by atoms with Gasteiger partial charge in [0.25, 0.3) is 0 Å². The number of hydrogen-bond acceptors (Lipinski definition) is 2. The zero-order chi connectivity index (χ0) is 13.7. The Morgan fingerprint density at radius 1 is 1.16 bits per heavy atom. The van der Waals surface area contributed by atoms with E-state index in [0.29, 0.717) is 18.4 Å². The summed E-state index contributed by atoms with van der Waals surface area (Å²) in [7, 11) is 0. The van der Waals surface area contributed by atoms with Crippen LogP contribution >= 0.6 is 0 Å². The molecule has 1 saturated carbocycles. The van der Waals surface area contributed by atoms with E-state index in [0.717, 1.165) is 12.2 Å². The maximum absolute atomic E-state index is 10.1. The van der Waals surface area contributed by atoms with E-state index in [2.05, 4.69) is 26.0 Å². The summed E-state index contributed by atoms with van der Waals surface area (Å²) in [5.41, 5.74) is 1.33. The summed E-state index contributed by atoms with van der Waals surface area (Å²) in [5, 5.41) is 10.1. The second-order valence-electron chi connectivity index (χ2n) is 5.97. The van der Waals surface area contributed by atoms with Crippen molar-refractivity contribution in [1.82, 2.24) is 0 Å². The number of aliphatic hydroxyl groups is 1. The molecule has 0 spiro atoms. The largest absolute Gasteiger partial charge is 0.493 e. The first-order valence-corrected chi connectivity index (χ1v) is 7.57. The molecule has 2 rings (SSSR count). The smallest absolute Gasteiger partial charge is 0.119 e. The Balaban J connectivity index is 1.72. The van der Waals surface area contributed by atoms with E-state index < -0.39 is 0 Å². The molecule has 1 aromatic rings. The van der Waals surface area contributed by atoms with Gasteiger partial charge in [-0.1, -0.05) is 38.8 Å². The molecule has 1 atom stereocenters. The third kappa shape index (κ3) is 4.24. The van der Waals surface area contributed by atoms with E-state index in [1.54, 1.807) is 0 Å². The first-order chi connectivity index (χ1) is 9.16. The summed E-state index contributed by atoms with van der Waals surface area (Å²) in [4.78, 5) is 0. The second-order valence-corrected chi connectivity index (χ2v) is 5.97. The standard InChI is InChI=1S/C17H26O2/c1-13(2)14-7-9-16(10-8-14)19-12-11-17(18)15-5-3-4-6-15/h7-10,13,15,17-18H,3-6,11-12H2,1-2H3. The number of benzene rings is 1. The number of aliphatic hydroxyl groups excluding tert-OH is 1. The van der Waals surface area contributed by atoms with Crippen LogP contribution in [0.15, 0.2) is 24.3 Å². The molecule has 0 amide bonds. The maximum Gasteiger partial charge on any atom is 0.119 e. The maximum atomic E-state index is 10.1. The first-order valence-electron chi connectivity index (χ1n) is 7.57. The Kier molecular flexibility index (Phi) is 5.26. The highest BCUT2D eigenvalue weighted by Crippen LogP contribution is 2.29. The van der Waals surface area contributed by atoms with Crippen LogP contribution in [-0.4, -0.2) is 17.8 Å². The summed E-state index contributed by atoms with van der Waals surface area (Å²) < 4.78 is 5.71. The first kappa shape index (κ1) is 14.4. The topological polar surface area (TPSA) is 29.5 Å². The highest BCUT2D eigenvalue weighted by molar-refractivity contribution is 5.28. The van der Waals surface area contributed by atoms with Gasteiger partial charge in [0.2, 0.25) is 0 Å². The average molecular weight is 262 g/mol. The average Bonchev–Trinajstić information content (AvgIpc) is 2.93. The van der Waals surface area contributed by atoms with Gasteiger partial charge in [-0.2, -0.15) is 0 Å². The van der Waals surface area contributed by atoms with Crippen LogP contribution in [0.5, 0.6) is 5.75 Å². The zero-order valence-electron chi connectivity index (χ0n) is 12.1. The fraction of sp³-hybridized carbons (Fsp3) is 0.647. The molecule has 0 heterocycles. The predicted octanol–water partition coefficient (Wildman–Crippen LogP) is 4.13. The second kappa shape index (κ2) is 6.95. The van der Waals surface area contributed by atoms with Crippen molar-refractivity contribution in [3.63, 3.8) is 0 Å². The number of rotatable bonds is 6. The Bertz CT molecular complexity index is 363. The molecule has 1 N–H and O–H groups in total. The van der Waals surface area contributed by atoms with Gasteiger partial charge in [-0.3, -0.25) is 0 Å². The Hall–Kier alpha value is -1.02. The van der Waals surface area contributed by atoms with Crippen molar-refractivity contribution in [1.29, 1.82) is 0 Å². The predicted molar refractivity (Wildman–Crippen MR) is 78.6 cm³/mol. The van der Waals surface area contributed by atoms with Crippen molar-refractivity contribution >= 4 is 0 Å². The van der Waals surface area contributed by atoms with E-state index >= 15 is 0 Å². The molecule has 0 saturated heterocycles. The molecule has 1 aliphatic carbocycles. The van der Waals surface area contributed by atoms with E-state index in [1.165, 1.54) is 31.2 Å². The highest BCUT2D eigenvalue weighted by atomic mass is 16.5. The molecule has 0 aliphatic heterocycles. The molecule has 1 fully saturated rings. The molecule has 0 aromatic heterocycles. The van der Waals surface area contributed by atoms with E-state index in [1.807, 2.05) is 12.1 Å². The summed E-state index contributed by atoms with van der Waals surface area (Å²) in [6.45, 7) is 4.99. The molecule has 1 aliphatic rings. The van der Waals surface area contributed by atoms with Gasteiger partial charge in [0.1, 0.15) is 5.75 Å². The van der Waals surface area contributed by atoms with Crippen molar-refractivity contribution in [3.05, 3.63) is 29.8 Å². The van der Waals surface area contributed by atoms with Crippen LogP contribution in [0.3, 0.4) is 0 Å². The van der Waals surface area contributed by atoms with Crippen molar-refractivity contribution in [2.24, 2.45) is 5.92 Å². The van der Waals surface area contributed by atoms with Gasteiger partial charge in [0.15, 0.2) is 0 Å². The molecule has 106 valence electrons. The van der Waals surface area contributed by atoms with Crippen molar-refractivity contribution in [2.75, 3.05) is 6.61 Å². The van der Waals surface area contributed by atoms with Crippen LogP contribution in [0.25, 0.3) is 0 Å². The Morgan fingerprint density at radius 3 is 2.37 bits per heavy atom. The molecule has 0 bridgehead atoms. The molecule has 19 heavy (non-hydrogen) atoms. The lowest BCUT2D eigenvalue weighted by Crippen LogP contribution is -2.20. The van der Waals surface area contributed by atoms with Gasteiger partial charge >= 0.3 is 0 Å². The molecule has 1 unspecified atom stereocenters. The fourth-order valence-corrected chi connectivity index (χ4v) is 2.82. The van der Waals surface area contributed by atoms with Crippen LogP contribution in [0.4, 0.5) is 0 Å². The van der Waals surface area contributed by atoms with Crippen LogP contribution in [0, 0.1) is 5.92 Å². The minimum atomic E-state index is -0.183. The lowest BCUT2D eigenvalue weighted by molar-refractivity contribution is 0.0853. The third-order valence-electron chi connectivity index (χ3n) is 4.17. The van der Waals surface area contributed by atoms with Crippen LogP contribution < -0.4 is 4.74 Å². The van der Waals surface area contributed by atoms with Gasteiger partial charge in [0, 0.05) is 6.42 Å². The van der Waals surface area contributed by atoms with Crippen molar-refractivity contribution in [2.45, 2.75) is 58.0 Å². The van der Waals surface area contributed by atoms with Crippen LogP contribution in [-0.2, 0) is 0 Å². The van der Waals surface area contributed by atoms with Gasteiger partial charge in [-0.15, -0.1) is 0 Å². The normalized spacial score (nSPS) is 17.9. The Morgan fingerprint density at radius 2 is 1.79 bits per heavy atom. The Labute approximate surface area is 116 Å². The summed E-state index contributed by atoms with van der Waals surface area (Å²) in [6.07, 6.45) is 5.49. The third-order valence-corrected chi connectivity index (χ3v) is 4.17. The zero-order valence-corrected chi connectivity index (χ0v) is 12.1. The van der Waals surface area contributed by atoms with Crippen LogP contribution in [0.1, 0.15) is 57.4 Å². The molecule has 2 nitrogen and oxygen atoms in total. The molecular formula is C17H26O2. The van der Waals surface area contributed by atoms with Crippen molar-refractivity contribution in [3.8, 4) is 5.75 Å². The van der Waals surface area contributed by atoms with E-state index in [-0.39, 0.29) is 6.10 Å². The monoisotopic (exact) mass is 262 g/mol. The van der Waals surface area contributed by atoms with Gasteiger partial charge < -0.3 is 9.84 Å². The molecule has 2 heteroatoms. The lowest BCUT2D eigenvalue weighted by atomic mass is 9.99. The van der Waals surface area contributed by atoms with Gasteiger partial charge in [-0.05, 0) is 42.4 Å². The highest BCUT2D eigenvalue weighted by Gasteiger charge is 2.22. The summed E-state index contributed by atoms with van der Waals surface area (Å²) >= 11 is 0. The van der Waals surface area contributed by atoms with E-state index in [4.69, 9.17) is 4.74 Å². The van der Waals surface area contributed by atoms with Gasteiger partial charge in [0.05, 0.1) is 12.7 Å². The molecular weight excluding hydrogens is 236 g/mol. The molecule has 0 radical (unpaired) electrons. The summed E-state index contributed by atoms with van der Waals surface area (Å²) in [6, 6.07) is 8.29. The number of hydrogen-bond donors (Lipinski definition) is 1. The number of ether oxygens (including phenoxy) is 1. The quantitative estimate of drug-likeness (QED) is 0.835. The lowest BCUT2D eigenvalue weighted by Gasteiger charge is -2.17. The SMILES string of the molecule is CC(C)c1ccc(OCCC(O)C2CCCC2)cc1. The van der Waals surface area contributed by atoms with Gasteiger partial charge in [-0.25, -0.2) is 0 Å². The van der Waals surface area contributed by atoms with E-state index in [9.17, 15) is 5.11 Å².